The molecule has 0 aromatic rings. The van der Waals surface area contributed by atoms with Gasteiger partial charge in [0, 0.05) is 41.2 Å². The first-order valence-corrected chi connectivity index (χ1v) is 9.10. The Bertz CT molecular complexity index is 829. The van der Waals surface area contributed by atoms with E-state index in [9.17, 15) is 39.0 Å². The van der Waals surface area contributed by atoms with Gasteiger partial charge in [-0.15, -0.1) is 4.42 Å². The number of nitrogens with zero attached hydrogens (tertiary/aromatic N) is 4. The number of imide groups is 4. The summed E-state index contributed by atoms with van der Waals surface area (Å²) in [4.78, 5) is 75.1. The van der Waals surface area contributed by atoms with Gasteiger partial charge in [-0.1, -0.05) is 13.8 Å². The number of halogens is 3. The predicted molar refractivity (Wildman–Crippen MR) is 94.3 cm³/mol. The number of rotatable bonds is 4. The summed E-state index contributed by atoms with van der Waals surface area (Å²) in [6.45, 7) is 3.07. The van der Waals surface area contributed by atoms with Gasteiger partial charge in [-0.25, -0.2) is 14.4 Å². The quantitative estimate of drug-likeness (QED) is 0.319. The fraction of sp³-hybridized carbons (Fsp3) is 0.571. The molecule has 160 valence electrons. The Labute approximate surface area is 179 Å². The highest BCUT2D eigenvalue weighted by molar-refractivity contribution is 6.47. The molecule has 2 fully saturated rings. The molecule has 3 unspecified atom stereocenters. The largest absolute Gasteiger partial charge is 0.448 e. The second-order valence-corrected chi connectivity index (χ2v) is 7.95. The molecule has 2 N–H and O–H groups in total. The Morgan fingerprint density at radius 1 is 0.897 bits per heavy atom. The number of aliphatic hydroxyl groups is 2. The fourth-order valence-corrected chi connectivity index (χ4v) is 3.84. The molecule has 2 saturated heterocycles. The topological polar surface area (TPSA) is 153 Å². The number of amides is 8. The number of quaternary nitrogens is 1. The van der Waals surface area contributed by atoms with Gasteiger partial charge in [0.25, 0.3) is 23.3 Å². The van der Waals surface area contributed by atoms with Crippen LogP contribution < -0.4 is 0 Å². The zero-order valence-electron chi connectivity index (χ0n) is 15.3. The predicted octanol–water partition coefficient (Wildman–Crippen LogP) is -0.318. The van der Waals surface area contributed by atoms with E-state index in [1.165, 1.54) is 0 Å². The molecule has 15 heteroatoms. The zero-order valence-corrected chi connectivity index (χ0v) is 17.5. The van der Waals surface area contributed by atoms with E-state index in [0.29, 0.717) is 6.42 Å². The van der Waals surface area contributed by atoms with Crippen LogP contribution in [-0.2, 0) is 19.2 Å². The smallest absolute Gasteiger partial charge is 0.368 e. The first-order chi connectivity index (χ1) is 13.1. The number of carbonyl (C=O) groups is 6. The second kappa shape index (κ2) is 7.15. The number of barbiturate groups is 2. The SMILES string of the molecule is CCC(C)C[N+]1(C)C(=O)N(Cl)C(=O)C(O)(C2(O)C(=O)N(Cl)C(=O)N(Cl)C2=O)C1=O. The first-order valence-electron chi connectivity index (χ1n) is 8.08. The molecule has 2 heterocycles. The maximum absolute atomic E-state index is 13.2. The van der Waals surface area contributed by atoms with Crippen LogP contribution in [-0.4, -0.2) is 88.4 Å². The lowest BCUT2D eigenvalue weighted by Gasteiger charge is -2.47. The highest BCUT2D eigenvalue weighted by atomic mass is 35.5. The van der Waals surface area contributed by atoms with Gasteiger partial charge in [0.15, 0.2) is 0 Å². The van der Waals surface area contributed by atoms with Crippen molar-refractivity contribution in [2.45, 2.75) is 31.5 Å². The van der Waals surface area contributed by atoms with Gasteiger partial charge in [0.1, 0.15) is 0 Å². The summed E-state index contributed by atoms with van der Waals surface area (Å²) in [5, 5.41) is 21.8. The van der Waals surface area contributed by atoms with Crippen molar-refractivity contribution in [2.24, 2.45) is 5.92 Å². The molecule has 12 nitrogen and oxygen atoms in total. The van der Waals surface area contributed by atoms with Crippen LogP contribution in [0.3, 0.4) is 0 Å². The fourth-order valence-electron chi connectivity index (χ4n) is 3.12. The highest BCUT2D eigenvalue weighted by Crippen LogP contribution is 2.41. The molecule has 3 atom stereocenters. The van der Waals surface area contributed by atoms with Gasteiger partial charge < -0.3 is 10.2 Å². The van der Waals surface area contributed by atoms with Crippen molar-refractivity contribution in [3.05, 3.63) is 0 Å². The summed E-state index contributed by atoms with van der Waals surface area (Å²) in [5.41, 5.74) is -7.89. The summed E-state index contributed by atoms with van der Waals surface area (Å²) in [5.74, 6) is -8.09. The van der Waals surface area contributed by atoms with E-state index in [1.807, 2.05) is 0 Å². The van der Waals surface area contributed by atoms with Gasteiger partial charge in [0.05, 0.1) is 13.6 Å². The zero-order chi connectivity index (χ0) is 22.7. The van der Waals surface area contributed by atoms with E-state index in [4.69, 9.17) is 35.3 Å². The first kappa shape index (κ1) is 23.4. The summed E-state index contributed by atoms with van der Waals surface area (Å²) in [6.07, 6.45) is 0.463. The van der Waals surface area contributed by atoms with Crippen LogP contribution >= 0.6 is 35.3 Å². The third-order valence-electron chi connectivity index (χ3n) is 5.04. The molecule has 2 aliphatic rings. The highest BCUT2D eigenvalue weighted by Gasteiger charge is 2.81. The normalized spacial score (nSPS) is 31.7. The molecule has 29 heavy (non-hydrogen) atoms. The van der Waals surface area contributed by atoms with Crippen molar-refractivity contribution >= 4 is 71.0 Å². The molecule has 0 aromatic carbocycles. The molecule has 2 rings (SSSR count). The molecule has 0 aromatic heterocycles. The van der Waals surface area contributed by atoms with E-state index >= 15 is 0 Å². The van der Waals surface area contributed by atoms with Gasteiger partial charge >= 0.3 is 23.6 Å². The molecular weight excluding hydrogens is 459 g/mol. The average molecular weight is 475 g/mol. The van der Waals surface area contributed by atoms with Gasteiger partial charge in [0.2, 0.25) is 0 Å². The molecule has 0 saturated carbocycles. The number of carbonyl (C=O) groups excluding carboxylic acids is 6. The second-order valence-electron chi connectivity index (χ2n) is 6.94. The van der Waals surface area contributed by atoms with E-state index in [-0.39, 0.29) is 25.7 Å². The number of hydrogen-bond donors (Lipinski definition) is 2. The molecular formula is C14H16Cl3N4O8+. The molecule has 0 spiro atoms. The van der Waals surface area contributed by atoms with Crippen molar-refractivity contribution in [2.75, 3.05) is 13.6 Å². The minimum atomic E-state index is -3.97. The lowest BCUT2D eigenvalue weighted by molar-refractivity contribution is -0.764. The van der Waals surface area contributed by atoms with Crippen molar-refractivity contribution in [1.29, 1.82) is 0 Å². The van der Waals surface area contributed by atoms with Crippen molar-refractivity contribution in [1.82, 2.24) is 13.3 Å². The van der Waals surface area contributed by atoms with E-state index < -0.39 is 51.4 Å². The number of likely N-dealkylation sites (N-methyl/N-ethyl adjacent to an activating group) is 1. The molecule has 0 radical (unpaired) electrons. The maximum Gasteiger partial charge on any atom is 0.448 e. The molecule has 2 aliphatic heterocycles. The lowest BCUT2D eigenvalue weighted by atomic mass is 9.76. The van der Waals surface area contributed by atoms with Crippen molar-refractivity contribution < 1.29 is 43.5 Å². The Kier molecular flexibility index (Phi) is 5.78. The van der Waals surface area contributed by atoms with Crippen LogP contribution in [0.5, 0.6) is 0 Å². The Morgan fingerprint density at radius 3 is 1.72 bits per heavy atom. The molecule has 8 amide bonds. The van der Waals surface area contributed by atoms with E-state index in [1.54, 1.807) is 13.8 Å². The van der Waals surface area contributed by atoms with E-state index in [2.05, 4.69) is 0 Å². The Balaban J connectivity index is 2.77. The van der Waals surface area contributed by atoms with E-state index in [0.717, 1.165) is 7.05 Å². The van der Waals surface area contributed by atoms with Gasteiger partial charge in [-0.05, 0) is 6.42 Å². The number of urea groups is 2. The Hall–Kier alpha value is -1.83. The molecule has 0 aliphatic carbocycles. The third-order valence-corrected chi connectivity index (χ3v) is 5.94. The lowest BCUT2D eigenvalue weighted by Crippen LogP contribution is -2.86. The number of hydrogen-bond acceptors (Lipinski definition) is 8. The van der Waals surface area contributed by atoms with Gasteiger partial charge in [-0.3, -0.25) is 14.4 Å². The third kappa shape index (κ3) is 2.78. The summed E-state index contributed by atoms with van der Waals surface area (Å²) in [6, 6.07) is -2.91. The minimum Gasteiger partial charge on any atom is -0.368 e. The van der Waals surface area contributed by atoms with Crippen molar-refractivity contribution in [3.8, 4) is 0 Å². The minimum absolute atomic E-state index is 0.212. The van der Waals surface area contributed by atoms with Gasteiger partial charge in [-0.2, -0.15) is 13.3 Å². The Morgan fingerprint density at radius 2 is 1.31 bits per heavy atom. The summed E-state index contributed by atoms with van der Waals surface area (Å²) >= 11 is 16.5. The monoisotopic (exact) mass is 473 g/mol. The summed E-state index contributed by atoms with van der Waals surface area (Å²) in [7, 11) is 0.979. The van der Waals surface area contributed by atoms with Crippen LogP contribution in [0.2, 0.25) is 0 Å². The van der Waals surface area contributed by atoms with Crippen LogP contribution in [0, 0.1) is 5.92 Å². The molecule has 0 bridgehead atoms. The van der Waals surface area contributed by atoms with Crippen LogP contribution in [0.4, 0.5) is 9.59 Å². The van der Waals surface area contributed by atoms with Crippen molar-refractivity contribution in [3.63, 3.8) is 0 Å². The van der Waals surface area contributed by atoms with Crippen LogP contribution in [0.1, 0.15) is 20.3 Å². The standard InChI is InChI=1S/C14H16Cl3N4O8/c1-4-6(2)5-21(3)10(25)14(29,9(24)20(17)12(21)27)13(28)7(22)18(15)11(26)19(16)8(13)23/h6,28-29H,4-5H2,1-3H3/q+1. The van der Waals surface area contributed by atoms with Crippen LogP contribution in [0.25, 0.3) is 0 Å². The summed E-state index contributed by atoms with van der Waals surface area (Å²) < 4.78 is -2.36. The maximum atomic E-state index is 13.2. The average Bonchev–Trinajstić information content (AvgIpc) is 2.70. The van der Waals surface area contributed by atoms with Crippen LogP contribution in [0.15, 0.2) is 0 Å².